The highest BCUT2D eigenvalue weighted by molar-refractivity contribution is 5.60. The summed E-state index contributed by atoms with van der Waals surface area (Å²) < 4.78 is 4.87. The fraction of sp³-hybridized carbons (Fsp3) is 0.292. The first-order valence-electron chi connectivity index (χ1n) is 22.0. The molecule has 10 rings (SSSR count). The Bertz CT molecular complexity index is 2950. The number of aliphatic hydroxyl groups is 1. The number of benzene rings is 2. The smallest absolute Gasteiger partial charge is 0.267 e. The number of H-pyrrole nitrogens is 1. The predicted molar refractivity (Wildman–Crippen MR) is 257 cm³/mol. The Morgan fingerprint density at radius 3 is 1.52 bits per heavy atom. The van der Waals surface area contributed by atoms with E-state index in [1.54, 1.807) is 40.0 Å². The van der Waals surface area contributed by atoms with Gasteiger partial charge in [-0.2, -0.15) is 20.4 Å². The minimum absolute atomic E-state index is 0.0349. The van der Waals surface area contributed by atoms with E-state index in [9.17, 15) is 14.7 Å². The molecule has 0 amide bonds. The molecule has 67 heavy (non-hydrogen) atoms. The zero-order chi connectivity index (χ0) is 46.7. The number of nitrogens with one attached hydrogen (secondary N) is 1. The molecular weight excluding hydrogens is 849 g/mol. The maximum absolute atomic E-state index is 12.4. The number of aromatic nitrogens is 12. The highest BCUT2D eigenvalue weighted by Gasteiger charge is 2.17. The van der Waals surface area contributed by atoms with E-state index in [-0.39, 0.29) is 17.7 Å². The van der Waals surface area contributed by atoms with Gasteiger partial charge in [-0.1, -0.05) is 36.4 Å². The second-order valence-electron chi connectivity index (χ2n) is 16.5. The summed E-state index contributed by atoms with van der Waals surface area (Å²) >= 11 is 0. The molecule has 0 radical (unpaired) electrons. The van der Waals surface area contributed by atoms with E-state index in [0.29, 0.717) is 29.6 Å². The lowest BCUT2D eigenvalue weighted by Crippen LogP contribution is -2.44. The third kappa shape index (κ3) is 12.1. The van der Waals surface area contributed by atoms with Crippen LogP contribution in [0.25, 0.3) is 45.3 Å². The van der Waals surface area contributed by atoms with Crippen LogP contribution < -0.4 is 20.9 Å². The Morgan fingerprint density at radius 2 is 1.04 bits per heavy atom. The van der Waals surface area contributed by atoms with Crippen LogP contribution in [0.5, 0.6) is 0 Å². The molecule has 344 valence electrons. The summed E-state index contributed by atoms with van der Waals surface area (Å²) in [5, 5.41) is 28.1. The molecule has 2 aromatic carbocycles. The SMILES string of the molecule is CN1CCN(c2cnc(-c3cccc(CO)c3)nc2)CC1.CN1CCN(c2cnc(-c3cccc(Cn4nc(-c5cnn(C)c5)ccc4=O)c3)nc2)CC1.Cn1cc(-c2ccc(=O)[nH]n2)cn1. The van der Waals surface area contributed by atoms with Crippen LogP contribution in [0.4, 0.5) is 11.4 Å². The van der Waals surface area contributed by atoms with Gasteiger partial charge in [0.2, 0.25) is 0 Å². The first-order chi connectivity index (χ1) is 32.6. The van der Waals surface area contributed by atoms with Crippen molar-refractivity contribution < 1.29 is 5.11 Å². The van der Waals surface area contributed by atoms with Gasteiger partial charge in [-0.15, -0.1) is 0 Å². The molecular formula is C48H54N16O3. The normalized spacial score (nSPS) is 14.2. The number of rotatable bonds is 9. The first-order valence-corrected chi connectivity index (χ1v) is 22.0. The molecule has 2 saturated heterocycles. The molecule has 6 aromatic heterocycles. The molecule has 0 unspecified atom stereocenters. The monoisotopic (exact) mass is 902 g/mol. The molecule has 8 heterocycles. The van der Waals surface area contributed by atoms with Gasteiger partial charge in [0.1, 0.15) is 0 Å². The molecule has 0 spiro atoms. The maximum Gasteiger partial charge on any atom is 0.267 e. The standard InChI is InChI=1S/C24H26N8O.C16H20N4O.C8H8N4O/c1-29-8-10-31(11-9-29)21-14-25-24(26-15-21)19-5-3-4-18(12-19)16-32-23(33)7-6-22(28-32)20-13-27-30(2)17-20;1-19-5-7-20(8-6-19)15-10-17-16(18-11-15)14-4-2-3-13(9-14)12-21;1-12-5-6(4-9-12)7-2-3-8(13)11-10-7/h3-7,12-15,17H,8-11,16H2,1-2H3;2-4,9-11,21H,5-8,12H2,1H3;2-5H,1H3,(H,11,13). The maximum atomic E-state index is 12.4. The first kappa shape index (κ1) is 45.8. The Labute approximate surface area is 387 Å². The van der Waals surface area contributed by atoms with Gasteiger partial charge in [0, 0.05) is 113 Å². The summed E-state index contributed by atoms with van der Waals surface area (Å²) in [5.41, 5.74) is 8.63. The van der Waals surface area contributed by atoms with Crippen LogP contribution in [0.15, 0.2) is 132 Å². The summed E-state index contributed by atoms with van der Waals surface area (Å²) in [7, 11) is 7.97. The third-order valence-electron chi connectivity index (χ3n) is 11.4. The van der Waals surface area contributed by atoms with Crippen molar-refractivity contribution in [3.63, 3.8) is 0 Å². The van der Waals surface area contributed by atoms with Crippen LogP contribution >= 0.6 is 0 Å². The average molecular weight is 903 g/mol. The van der Waals surface area contributed by atoms with Gasteiger partial charge in [0.05, 0.1) is 73.1 Å². The summed E-state index contributed by atoms with van der Waals surface area (Å²) in [4.78, 5) is 50.6. The van der Waals surface area contributed by atoms with Crippen LogP contribution in [0.1, 0.15) is 11.1 Å². The third-order valence-corrected chi connectivity index (χ3v) is 11.4. The Balaban J connectivity index is 0.000000152. The number of anilines is 2. The average Bonchev–Trinajstić information content (AvgIpc) is 4.01. The molecule has 2 aliphatic rings. The number of aromatic amines is 1. The number of hydrogen-bond donors (Lipinski definition) is 2. The molecule has 2 fully saturated rings. The molecule has 0 saturated carbocycles. The fourth-order valence-corrected chi connectivity index (χ4v) is 7.52. The van der Waals surface area contributed by atoms with Crippen molar-refractivity contribution in [2.75, 3.05) is 76.3 Å². The second kappa shape index (κ2) is 21.5. The predicted octanol–water partition coefficient (Wildman–Crippen LogP) is 3.46. The zero-order valence-electron chi connectivity index (χ0n) is 38.1. The van der Waals surface area contributed by atoms with E-state index < -0.39 is 0 Å². The van der Waals surface area contributed by atoms with Crippen LogP contribution in [-0.4, -0.2) is 141 Å². The zero-order valence-corrected chi connectivity index (χ0v) is 38.1. The van der Waals surface area contributed by atoms with Gasteiger partial charge in [0.15, 0.2) is 11.6 Å². The van der Waals surface area contributed by atoms with Crippen LogP contribution in [-0.2, 0) is 27.2 Å². The van der Waals surface area contributed by atoms with Crippen LogP contribution in [0.2, 0.25) is 0 Å². The number of nitrogens with zero attached hydrogens (tertiary/aromatic N) is 15. The van der Waals surface area contributed by atoms with Gasteiger partial charge in [-0.25, -0.2) is 29.7 Å². The molecule has 8 aromatic rings. The fourth-order valence-electron chi connectivity index (χ4n) is 7.52. The van der Waals surface area contributed by atoms with Crippen molar-refractivity contribution in [1.82, 2.24) is 69.3 Å². The van der Waals surface area contributed by atoms with E-state index in [0.717, 1.165) is 97.1 Å². The van der Waals surface area contributed by atoms with E-state index in [2.05, 4.69) is 79.1 Å². The topological polar surface area (TPSA) is 201 Å². The number of piperazine rings is 2. The number of aryl methyl sites for hydroxylation is 2. The molecule has 2 N–H and O–H groups in total. The van der Waals surface area contributed by atoms with Crippen LogP contribution in [0, 0.1) is 0 Å². The van der Waals surface area contributed by atoms with Crippen molar-refractivity contribution in [2.24, 2.45) is 14.1 Å². The van der Waals surface area contributed by atoms with Gasteiger partial charge in [-0.05, 0) is 49.5 Å². The Morgan fingerprint density at radius 1 is 0.552 bits per heavy atom. The quantitative estimate of drug-likeness (QED) is 0.213. The number of hydrogen-bond acceptors (Lipinski definition) is 15. The molecule has 19 nitrogen and oxygen atoms in total. The summed E-state index contributed by atoms with van der Waals surface area (Å²) in [5.74, 6) is 1.36. The van der Waals surface area contributed by atoms with Crippen molar-refractivity contribution in [3.05, 3.63) is 154 Å². The van der Waals surface area contributed by atoms with Crippen molar-refractivity contribution in [1.29, 1.82) is 0 Å². The van der Waals surface area contributed by atoms with Crippen molar-refractivity contribution in [3.8, 4) is 45.3 Å². The number of aliphatic hydroxyl groups excluding tert-OH is 1. The highest BCUT2D eigenvalue weighted by atomic mass is 16.3. The minimum Gasteiger partial charge on any atom is -0.392 e. The Hall–Kier alpha value is -7.74. The number of likely N-dealkylation sites (N-methyl/N-ethyl adjacent to an activating group) is 2. The lowest BCUT2D eigenvalue weighted by Gasteiger charge is -2.33. The second-order valence-corrected chi connectivity index (χ2v) is 16.5. The Kier molecular flexibility index (Phi) is 14.7. The summed E-state index contributed by atoms with van der Waals surface area (Å²) in [6.07, 6.45) is 14.7. The van der Waals surface area contributed by atoms with E-state index in [1.807, 2.05) is 99.8 Å². The molecule has 0 aliphatic carbocycles. The highest BCUT2D eigenvalue weighted by Crippen LogP contribution is 2.22. The van der Waals surface area contributed by atoms with Gasteiger partial charge in [0.25, 0.3) is 11.1 Å². The summed E-state index contributed by atoms with van der Waals surface area (Å²) in [6, 6.07) is 22.0. The van der Waals surface area contributed by atoms with E-state index in [1.165, 1.54) is 10.7 Å². The lowest BCUT2D eigenvalue weighted by atomic mass is 10.1. The van der Waals surface area contributed by atoms with Gasteiger partial charge in [-0.3, -0.25) is 19.0 Å². The van der Waals surface area contributed by atoms with Gasteiger partial charge < -0.3 is 24.7 Å². The molecule has 0 atom stereocenters. The minimum atomic E-state index is -0.201. The van der Waals surface area contributed by atoms with Crippen LogP contribution in [0.3, 0.4) is 0 Å². The van der Waals surface area contributed by atoms with Crippen molar-refractivity contribution >= 4 is 11.4 Å². The molecule has 0 bridgehead atoms. The largest absolute Gasteiger partial charge is 0.392 e. The lowest BCUT2D eigenvalue weighted by molar-refractivity contribution is 0.282. The van der Waals surface area contributed by atoms with Gasteiger partial charge >= 0.3 is 0 Å². The molecule has 2 aliphatic heterocycles. The van der Waals surface area contributed by atoms with E-state index >= 15 is 0 Å². The van der Waals surface area contributed by atoms with E-state index in [4.69, 9.17) is 0 Å². The molecule has 19 heteroatoms. The van der Waals surface area contributed by atoms with Crippen molar-refractivity contribution in [2.45, 2.75) is 13.2 Å². The summed E-state index contributed by atoms with van der Waals surface area (Å²) in [6.45, 7) is 8.61.